The van der Waals surface area contributed by atoms with Gasteiger partial charge in [-0.2, -0.15) is 0 Å². The van der Waals surface area contributed by atoms with E-state index in [2.05, 4.69) is 5.32 Å². The Morgan fingerprint density at radius 1 is 0.895 bits per heavy atom. The van der Waals surface area contributed by atoms with Crippen LogP contribution in [0.1, 0.15) is 32.3 Å². The van der Waals surface area contributed by atoms with Gasteiger partial charge in [0.25, 0.3) is 10.0 Å². The molecule has 0 fully saturated rings. The third kappa shape index (κ3) is 7.41. The zero-order valence-corrected chi connectivity index (χ0v) is 22.5. The topological polar surface area (TPSA) is 86.8 Å². The molecule has 1 N–H and O–H groups in total. The number of amides is 2. The smallest absolute Gasteiger partial charge is 0.264 e. The monoisotopic (exact) mass is 539 g/mol. The molecule has 7 nitrogen and oxygen atoms in total. The summed E-state index contributed by atoms with van der Waals surface area (Å²) in [5.41, 5.74) is 1.28. The standard InChI is InChI=1S/C29H34FN3O4S/c1-3-20-31-29(35)27(4-2)32(21-19-23-11-7-5-8-12-23)28(34)22-33(25-13-9-6-10-14-25)38(36,37)26-17-15-24(30)16-18-26/h5-18,27H,3-4,19-22H2,1-2H3,(H,31,35)/t27-/m1/s1. The number of para-hydroxylation sites is 1. The zero-order valence-electron chi connectivity index (χ0n) is 21.7. The van der Waals surface area contributed by atoms with Gasteiger partial charge in [-0.25, -0.2) is 12.8 Å². The number of rotatable bonds is 13. The van der Waals surface area contributed by atoms with Crippen LogP contribution < -0.4 is 9.62 Å². The maximum absolute atomic E-state index is 13.8. The van der Waals surface area contributed by atoms with E-state index < -0.39 is 34.3 Å². The minimum atomic E-state index is -4.21. The first-order valence-electron chi connectivity index (χ1n) is 12.7. The van der Waals surface area contributed by atoms with Crippen molar-refractivity contribution in [3.8, 4) is 0 Å². The van der Waals surface area contributed by atoms with Gasteiger partial charge in [0.15, 0.2) is 0 Å². The number of carbonyl (C=O) groups is 2. The lowest BCUT2D eigenvalue weighted by atomic mass is 10.1. The number of halogens is 1. The van der Waals surface area contributed by atoms with Gasteiger partial charge in [-0.05, 0) is 61.2 Å². The highest BCUT2D eigenvalue weighted by molar-refractivity contribution is 7.92. The molecule has 202 valence electrons. The van der Waals surface area contributed by atoms with E-state index >= 15 is 0 Å². The largest absolute Gasteiger partial charge is 0.354 e. The van der Waals surface area contributed by atoms with Crippen molar-refractivity contribution in [2.75, 3.05) is 23.9 Å². The fraction of sp³-hybridized carbons (Fsp3) is 0.310. The Hall–Kier alpha value is -3.72. The number of hydrogen-bond donors (Lipinski definition) is 1. The van der Waals surface area contributed by atoms with E-state index in [0.29, 0.717) is 19.4 Å². The van der Waals surface area contributed by atoms with Crippen molar-refractivity contribution in [1.82, 2.24) is 10.2 Å². The molecule has 0 unspecified atom stereocenters. The van der Waals surface area contributed by atoms with Crippen LogP contribution in [0.25, 0.3) is 0 Å². The molecule has 0 saturated carbocycles. The Morgan fingerprint density at radius 2 is 1.50 bits per heavy atom. The average Bonchev–Trinajstić information content (AvgIpc) is 2.93. The molecule has 0 spiro atoms. The summed E-state index contributed by atoms with van der Waals surface area (Å²) in [6, 6.07) is 21.6. The van der Waals surface area contributed by atoms with Crippen LogP contribution in [0.15, 0.2) is 89.8 Å². The van der Waals surface area contributed by atoms with Gasteiger partial charge in [0.05, 0.1) is 10.6 Å². The average molecular weight is 540 g/mol. The Morgan fingerprint density at radius 3 is 2.08 bits per heavy atom. The number of carbonyl (C=O) groups excluding carboxylic acids is 2. The van der Waals surface area contributed by atoms with Crippen LogP contribution in [0, 0.1) is 5.82 Å². The number of hydrogen-bond acceptors (Lipinski definition) is 4. The summed E-state index contributed by atoms with van der Waals surface area (Å²) in [7, 11) is -4.21. The molecule has 3 aromatic carbocycles. The fourth-order valence-electron chi connectivity index (χ4n) is 4.12. The maximum atomic E-state index is 13.8. The van der Waals surface area contributed by atoms with Crippen molar-refractivity contribution in [2.45, 2.75) is 44.0 Å². The summed E-state index contributed by atoms with van der Waals surface area (Å²) in [5.74, 6) is -1.35. The highest BCUT2D eigenvalue weighted by Crippen LogP contribution is 2.24. The van der Waals surface area contributed by atoms with Crippen molar-refractivity contribution in [3.05, 3.63) is 96.3 Å². The number of nitrogens with one attached hydrogen (secondary N) is 1. The molecule has 0 aromatic heterocycles. The molecule has 0 heterocycles. The van der Waals surface area contributed by atoms with Crippen LogP contribution in [0.5, 0.6) is 0 Å². The molecule has 0 radical (unpaired) electrons. The molecule has 9 heteroatoms. The number of anilines is 1. The molecule has 0 aliphatic carbocycles. The normalized spacial score (nSPS) is 12.0. The second-order valence-electron chi connectivity index (χ2n) is 8.84. The van der Waals surface area contributed by atoms with Gasteiger partial charge in [-0.15, -0.1) is 0 Å². The highest BCUT2D eigenvalue weighted by atomic mass is 32.2. The molecule has 38 heavy (non-hydrogen) atoms. The van der Waals surface area contributed by atoms with E-state index in [1.54, 1.807) is 30.3 Å². The van der Waals surface area contributed by atoms with Crippen LogP contribution in [0.4, 0.5) is 10.1 Å². The van der Waals surface area contributed by atoms with Crippen LogP contribution in [-0.4, -0.2) is 50.8 Å². The lowest BCUT2D eigenvalue weighted by Gasteiger charge is -2.33. The summed E-state index contributed by atoms with van der Waals surface area (Å²) < 4.78 is 41.8. The van der Waals surface area contributed by atoms with Crippen molar-refractivity contribution < 1.29 is 22.4 Å². The van der Waals surface area contributed by atoms with Crippen LogP contribution >= 0.6 is 0 Å². The number of benzene rings is 3. The van der Waals surface area contributed by atoms with Crippen molar-refractivity contribution in [3.63, 3.8) is 0 Å². The summed E-state index contributed by atoms with van der Waals surface area (Å²) in [6.45, 7) is 3.96. The summed E-state index contributed by atoms with van der Waals surface area (Å²) in [5, 5.41) is 2.86. The molecular weight excluding hydrogens is 505 g/mol. The Bertz CT molecular complexity index is 1290. The molecule has 1 atom stereocenters. The van der Waals surface area contributed by atoms with Gasteiger partial charge >= 0.3 is 0 Å². The first kappa shape index (κ1) is 28.8. The molecular formula is C29H34FN3O4S. The van der Waals surface area contributed by atoms with E-state index in [-0.39, 0.29) is 23.0 Å². The summed E-state index contributed by atoms with van der Waals surface area (Å²) >= 11 is 0. The Balaban J connectivity index is 1.96. The van der Waals surface area contributed by atoms with E-state index in [1.807, 2.05) is 44.2 Å². The maximum Gasteiger partial charge on any atom is 0.264 e. The van der Waals surface area contributed by atoms with Gasteiger partial charge in [0, 0.05) is 13.1 Å². The molecule has 0 bridgehead atoms. The molecule has 3 rings (SSSR count). The third-order valence-electron chi connectivity index (χ3n) is 6.14. The quantitative estimate of drug-likeness (QED) is 0.349. The minimum Gasteiger partial charge on any atom is -0.354 e. The number of nitrogens with zero attached hydrogens (tertiary/aromatic N) is 2. The predicted molar refractivity (Wildman–Crippen MR) is 147 cm³/mol. The minimum absolute atomic E-state index is 0.140. The number of sulfonamides is 1. The second kappa shape index (κ2) is 13.7. The Kier molecular flexibility index (Phi) is 10.4. The second-order valence-corrected chi connectivity index (χ2v) is 10.7. The van der Waals surface area contributed by atoms with E-state index in [4.69, 9.17) is 0 Å². The van der Waals surface area contributed by atoms with Crippen LogP contribution in [0.3, 0.4) is 0 Å². The highest BCUT2D eigenvalue weighted by Gasteiger charge is 2.33. The molecule has 0 aliphatic rings. The lowest BCUT2D eigenvalue weighted by Crippen LogP contribution is -2.53. The van der Waals surface area contributed by atoms with Crippen molar-refractivity contribution in [2.24, 2.45) is 0 Å². The zero-order chi connectivity index (χ0) is 27.5. The van der Waals surface area contributed by atoms with Gasteiger partial charge in [0.1, 0.15) is 18.4 Å². The van der Waals surface area contributed by atoms with Gasteiger partial charge in [0.2, 0.25) is 11.8 Å². The SMILES string of the molecule is CCCNC(=O)[C@@H](CC)N(CCc1ccccc1)C(=O)CN(c1ccccc1)S(=O)(=O)c1ccc(F)cc1. The summed E-state index contributed by atoms with van der Waals surface area (Å²) in [4.78, 5) is 28.2. The van der Waals surface area contributed by atoms with E-state index in [0.717, 1.165) is 28.4 Å². The molecule has 0 saturated heterocycles. The lowest BCUT2D eigenvalue weighted by molar-refractivity contribution is -0.139. The Labute approximate surface area is 224 Å². The third-order valence-corrected chi connectivity index (χ3v) is 7.93. The van der Waals surface area contributed by atoms with Crippen LogP contribution in [0.2, 0.25) is 0 Å². The van der Waals surface area contributed by atoms with Crippen molar-refractivity contribution in [1.29, 1.82) is 0 Å². The van der Waals surface area contributed by atoms with E-state index in [1.165, 1.54) is 17.0 Å². The molecule has 0 aliphatic heterocycles. The fourth-order valence-corrected chi connectivity index (χ4v) is 5.53. The summed E-state index contributed by atoms with van der Waals surface area (Å²) in [6.07, 6.45) is 1.62. The van der Waals surface area contributed by atoms with Gasteiger partial charge in [-0.3, -0.25) is 13.9 Å². The molecule has 3 aromatic rings. The van der Waals surface area contributed by atoms with Gasteiger partial charge in [-0.1, -0.05) is 62.4 Å². The van der Waals surface area contributed by atoms with Crippen molar-refractivity contribution >= 4 is 27.5 Å². The van der Waals surface area contributed by atoms with Crippen LogP contribution in [-0.2, 0) is 26.0 Å². The molecule has 2 amide bonds. The first-order valence-corrected chi connectivity index (χ1v) is 14.2. The first-order chi connectivity index (χ1) is 18.3. The van der Waals surface area contributed by atoms with E-state index in [9.17, 15) is 22.4 Å². The van der Waals surface area contributed by atoms with Gasteiger partial charge < -0.3 is 10.2 Å². The predicted octanol–water partition coefficient (Wildman–Crippen LogP) is 4.40.